The summed E-state index contributed by atoms with van der Waals surface area (Å²) in [4.78, 5) is 52.0. The second-order valence-corrected chi connectivity index (χ2v) is 6.55. The first kappa shape index (κ1) is 26.2. The first-order valence-corrected chi connectivity index (χ1v) is 10.0. The van der Waals surface area contributed by atoms with Crippen LogP contribution in [0, 0.1) is 11.6 Å². The number of carbonyl (C=O) groups is 4. The minimum absolute atomic E-state index is 0.173. The fourth-order valence-electron chi connectivity index (χ4n) is 2.93. The number of carbonyl (C=O) groups excluding carboxylic acids is 4. The van der Waals surface area contributed by atoms with Crippen molar-refractivity contribution in [1.29, 1.82) is 0 Å². The minimum atomic E-state index is -1.31. The summed E-state index contributed by atoms with van der Waals surface area (Å²) in [6, 6.07) is 6.11. The lowest BCUT2D eigenvalue weighted by atomic mass is 9.93. The van der Waals surface area contributed by atoms with E-state index in [1.165, 1.54) is 28.1 Å². The summed E-state index contributed by atoms with van der Waals surface area (Å²) in [5, 5.41) is 0. The van der Waals surface area contributed by atoms with Gasteiger partial charge in [-0.3, -0.25) is 9.59 Å². The van der Waals surface area contributed by atoms with E-state index in [0.29, 0.717) is 0 Å². The molecule has 0 fully saturated rings. The third-order valence-electron chi connectivity index (χ3n) is 4.49. The first-order chi connectivity index (χ1) is 16.2. The van der Waals surface area contributed by atoms with E-state index in [1.807, 2.05) is 0 Å². The third-order valence-corrected chi connectivity index (χ3v) is 4.49. The van der Waals surface area contributed by atoms with E-state index in [1.54, 1.807) is 0 Å². The zero-order chi connectivity index (χ0) is 25.4. The number of hydrogen-bond acceptors (Lipinski definition) is 8. The molecule has 8 nitrogen and oxygen atoms in total. The van der Waals surface area contributed by atoms with Crippen molar-refractivity contribution < 1.29 is 46.9 Å². The van der Waals surface area contributed by atoms with Gasteiger partial charge < -0.3 is 18.9 Å². The molecule has 0 radical (unpaired) electrons. The van der Waals surface area contributed by atoms with Crippen LogP contribution >= 0.6 is 0 Å². The average molecular weight is 476 g/mol. The lowest BCUT2D eigenvalue weighted by Crippen LogP contribution is -2.27. The summed E-state index contributed by atoms with van der Waals surface area (Å²) in [5.41, 5.74) is -2.69. The molecule has 0 spiro atoms. The summed E-state index contributed by atoms with van der Waals surface area (Å²) in [5.74, 6) is -7.16. The average Bonchev–Trinajstić information content (AvgIpc) is 2.81. The maximum absolute atomic E-state index is 14.2. The summed E-state index contributed by atoms with van der Waals surface area (Å²) in [7, 11) is 2.44. The Morgan fingerprint density at radius 3 is 1.29 bits per heavy atom. The van der Waals surface area contributed by atoms with Gasteiger partial charge in [0.05, 0.1) is 27.4 Å². The van der Waals surface area contributed by atoms with Crippen LogP contribution in [-0.4, -0.2) is 50.9 Å². The molecule has 0 heterocycles. The maximum Gasteiger partial charge on any atom is 0.343 e. The molecule has 2 rings (SSSR count). The van der Waals surface area contributed by atoms with Gasteiger partial charge in [-0.1, -0.05) is 0 Å². The van der Waals surface area contributed by atoms with Crippen LogP contribution in [0.5, 0.6) is 11.5 Å². The van der Waals surface area contributed by atoms with Crippen LogP contribution in [0.15, 0.2) is 47.5 Å². The quantitative estimate of drug-likeness (QED) is 0.169. The van der Waals surface area contributed by atoms with Gasteiger partial charge in [-0.05, 0) is 50.2 Å². The highest BCUT2D eigenvalue weighted by atomic mass is 19.1. The molecule has 0 atom stereocenters. The van der Waals surface area contributed by atoms with Gasteiger partial charge in [-0.15, -0.1) is 0 Å². The fourth-order valence-corrected chi connectivity index (χ4v) is 2.93. The number of Topliss-reactive ketones (excluding diaryl/α,β-unsaturated/α-hetero) is 2. The van der Waals surface area contributed by atoms with E-state index in [2.05, 4.69) is 0 Å². The number of halogens is 2. The van der Waals surface area contributed by atoms with Crippen LogP contribution in [0.2, 0.25) is 0 Å². The van der Waals surface area contributed by atoms with Crippen molar-refractivity contribution in [3.8, 4) is 11.5 Å². The molecule has 0 unspecified atom stereocenters. The molecule has 10 heteroatoms. The molecule has 2 aromatic carbocycles. The van der Waals surface area contributed by atoms with Crippen LogP contribution in [0.1, 0.15) is 34.6 Å². The monoisotopic (exact) mass is 476 g/mol. The molecule has 0 amide bonds. The molecule has 180 valence electrons. The number of ether oxygens (including phenoxy) is 4. The van der Waals surface area contributed by atoms with Crippen LogP contribution in [0.3, 0.4) is 0 Å². The van der Waals surface area contributed by atoms with E-state index in [0.717, 1.165) is 36.4 Å². The van der Waals surface area contributed by atoms with E-state index >= 15 is 0 Å². The Hall–Kier alpha value is -4.08. The largest absolute Gasteiger partial charge is 0.494 e. The Bertz CT molecular complexity index is 1060. The Morgan fingerprint density at radius 1 is 0.676 bits per heavy atom. The van der Waals surface area contributed by atoms with E-state index in [-0.39, 0.29) is 35.8 Å². The van der Waals surface area contributed by atoms with Crippen molar-refractivity contribution in [3.63, 3.8) is 0 Å². The van der Waals surface area contributed by atoms with Crippen molar-refractivity contribution in [2.45, 2.75) is 13.8 Å². The summed E-state index contributed by atoms with van der Waals surface area (Å²) in [6.07, 6.45) is 0. The molecular formula is C24H22F2O8. The van der Waals surface area contributed by atoms with Crippen LogP contribution in [0.4, 0.5) is 8.78 Å². The predicted molar refractivity (Wildman–Crippen MR) is 115 cm³/mol. The van der Waals surface area contributed by atoms with Crippen molar-refractivity contribution >= 4 is 23.5 Å². The molecule has 0 aromatic heterocycles. The standard InChI is InChI=1S/C24H22F2O8/c1-5-33-23(29)19(21(27)13-7-9-17(31-3)15(25)11-13)20(24(30)34-6-2)22(28)14-8-10-18(32-4)16(26)12-14/h7-12H,5-6H2,1-4H3/b20-19+. The maximum atomic E-state index is 14.2. The molecule has 0 aliphatic rings. The molecule has 2 aromatic rings. The summed E-state index contributed by atoms with van der Waals surface area (Å²) < 4.78 is 47.8. The topological polar surface area (TPSA) is 105 Å². The molecule has 34 heavy (non-hydrogen) atoms. The van der Waals surface area contributed by atoms with Gasteiger partial charge in [0.2, 0.25) is 11.6 Å². The van der Waals surface area contributed by atoms with E-state index < -0.39 is 46.3 Å². The second-order valence-electron chi connectivity index (χ2n) is 6.55. The first-order valence-electron chi connectivity index (χ1n) is 10.0. The van der Waals surface area contributed by atoms with Crippen LogP contribution < -0.4 is 9.47 Å². The Kier molecular flexibility index (Phi) is 9.00. The highest BCUT2D eigenvalue weighted by molar-refractivity contribution is 6.36. The number of benzene rings is 2. The summed E-state index contributed by atoms with van der Waals surface area (Å²) >= 11 is 0. The van der Waals surface area contributed by atoms with Gasteiger partial charge >= 0.3 is 11.9 Å². The van der Waals surface area contributed by atoms with Gasteiger partial charge in [0.1, 0.15) is 11.1 Å². The Labute approximate surface area is 194 Å². The second kappa shape index (κ2) is 11.7. The molecule has 0 N–H and O–H groups in total. The van der Waals surface area contributed by atoms with Crippen LogP contribution in [0.25, 0.3) is 0 Å². The van der Waals surface area contributed by atoms with Gasteiger partial charge in [0, 0.05) is 11.1 Å². The van der Waals surface area contributed by atoms with Crippen LogP contribution in [-0.2, 0) is 19.1 Å². The molecule has 0 aliphatic carbocycles. The number of methoxy groups -OCH3 is 2. The highest BCUT2D eigenvalue weighted by Crippen LogP contribution is 2.25. The molecular weight excluding hydrogens is 454 g/mol. The Morgan fingerprint density at radius 2 is 1.03 bits per heavy atom. The normalized spacial score (nSPS) is 11.2. The van der Waals surface area contributed by atoms with Gasteiger partial charge in [-0.2, -0.15) is 0 Å². The predicted octanol–water partition coefficient (Wildman–Crippen LogP) is 3.47. The molecule has 0 bridgehead atoms. The number of esters is 2. The minimum Gasteiger partial charge on any atom is -0.494 e. The SMILES string of the molecule is CCOC(=O)/C(C(=O)c1ccc(OC)c(F)c1)=C(/C(=O)OCC)C(=O)c1ccc(OC)c(F)c1. The van der Waals surface area contributed by atoms with Crippen molar-refractivity contribution in [2.24, 2.45) is 0 Å². The molecule has 0 saturated carbocycles. The molecule has 0 saturated heterocycles. The molecule has 0 aliphatic heterocycles. The summed E-state index contributed by atoms with van der Waals surface area (Å²) in [6.45, 7) is 2.48. The Balaban J connectivity index is 2.78. The third kappa shape index (κ3) is 5.64. The lowest BCUT2D eigenvalue weighted by Gasteiger charge is -2.14. The van der Waals surface area contributed by atoms with Gasteiger partial charge in [0.15, 0.2) is 23.1 Å². The zero-order valence-electron chi connectivity index (χ0n) is 18.9. The lowest BCUT2D eigenvalue weighted by molar-refractivity contribution is -0.141. The van der Waals surface area contributed by atoms with Gasteiger partial charge in [-0.25, -0.2) is 18.4 Å². The number of ketones is 2. The van der Waals surface area contributed by atoms with Crippen molar-refractivity contribution in [1.82, 2.24) is 0 Å². The highest BCUT2D eigenvalue weighted by Gasteiger charge is 2.35. The number of rotatable bonds is 10. The van der Waals surface area contributed by atoms with E-state index in [4.69, 9.17) is 18.9 Å². The van der Waals surface area contributed by atoms with Gasteiger partial charge in [0.25, 0.3) is 0 Å². The van der Waals surface area contributed by atoms with Crippen molar-refractivity contribution in [3.05, 3.63) is 70.3 Å². The fraction of sp³-hybridized carbons (Fsp3) is 0.250. The smallest absolute Gasteiger partial charge is 0.343 e. The van der Waals surface area contributed by atoms with E-state index in [9.17, 15) is 28.0 Å². The zero-order valence-corrected chi connectivity index (χ0v) is 18.9. The van der Waals surface area contributed by atoms with Crippen molar-refractivity contribution in [2.75, 3.05) is 27.4 Å². The number of hydrogen-bond donors (Lipinski definition) is 0.